The Kier molecular flexibility index (Phi) is 7.33. The van der Waals surface area contributed by atoms with Gasteiger partial charge in [0.05, 0.1) is 15.1 Å². The van der Waals surface area contributed by atoms with Gasteiger partial charge >= 0.3 is 0 Å². The van der Waals surface area contributed by atoms with E-state index in [-0.39, 0.29) is 18.6 Å². The van der Waals surface area contributed by atoms with E-state index in [1.165, 1.54) is 18.2 Å². The number of carbonyl (C=O) groups is 1. The minimum Gasteiger partial charge on any atom is -0.478 e. The average Bonchev–Trinajstić information content (AvgIpc) is 3.08. The van der Waals surface area contributed by atoms with Crippen LogP contribution in [0.25, 0.3) is 6.08 Å². The summed E-state index contributed by atoms with van der Waals surface area (Å²) < 4.78 is 6.14. The third-order valence-electron chi connectivity index (χ3n) is 5.76. The van der Waals surface area contributed by atoms with Crippen molar-refractivity contribution in [2.24, 2.45) is 10.9 Å². The number of para-hydroxylation sites is 1. The molecule has 2 aliphatic rings. The number of halogens is 1. The molecule has 1 amide bonds. The summed E-state index contributed by atoms with van der Waals surface area (Å²) in [7, 11) is 0. The van der Waals surface area contributed by atoms with Crippen molar-refractivity contribution < 1.29 is 9.53 Å². The van der Waals surface area contributed by atoms with Gasteiger partial charge in [-0.1, -0.05) is 44.0 Å². The van der Waals surface area contributed by atoms with Gasteiger partial charge in [-0.25, -0.2) is 4.99 Å². The number of benzene rings is 2. The lowest BCUT2D eigenvalue weighted by Crippen LogP contribution is -2.44. The second-order valence-corrected chi connectivity index (χ2v) is 9.84. The molecule has 2 fully saturated rings. The second-order valence-electron chi connectivity index (χ2n) is 7.98. The second kappa shape index (κ2) is 10.4. The monoisotopic (exact) mass is 509 g/mol. The maximum atomic E-state index is 13.5. The van der Waals surface area contributed by atoms with Crippen LogP contribution in [-0.4, -0.2) is 28.6 Å². The molecule has 1 saturated carbocycles. The van der Waals surface area contributed by atoms with Gasteiger partial charge in [-0.3, -0.25) is 9.69 Å². The maximum Gasteiger partial charge on any atom is 0.267 e. The van der Waals surface area contributed by atoms with Crippen molar-refractivity contribution in [3.8, 4) is 11.8 Å². The van der Waals surface area contributed by atoms with E-state index in [1.54, 1.807) is 6.07 Å². The molecule has 2 atom stereocenters. The number of hydrogen-bond donors (Lipinski definition) is 0. The van der Waals surface area contributed by atoms with Gasteiger partial charge in [0.15, 0.2) is 11.8 Å². The number of nitrogens with zero attached hydrogens (tertiary/aromatic N) is 3. The Labute approximate surface area is 201 Å². The van der Waals surface area contributed by atoms with Crippen LogP contribution in [-0.2, 0) is 4.79 Å². The van der Waals surface area contributed by atoms with Crippen LogP contribution in [0, 0.1) is 17.2 Å². The van der Waals surface area contributed by atoms with Crippen LogP contribution in [0.4, 0.5) is 5.69 Å². The number of amidine groups is 1. The molecule has 1 aliphatic carbocycles. The topological polar surface area (TPSA) is 65.7 Å². The fourth-order valence-corrected chi connectivity index (χ4v) is 5.69. The zero-order chi connectivity index (χ0) is 22.5. The summed E-state index contributed by atoms with van der Waals surface area (Å²) in [6.45, 7) is 2.22. The number of amides is 1. The minimum absolute atomic E-state index is 0.0127. The highest BCUT2D eigenvalue weighted by Crippen LogP contribution is 2.40. The fourth-order valence-electron chi connectivity index (χ4n) is 4.14. The van der Waals surface area contributed by atoms with Crippen LogP contribution >= 0.6 is 27.7 Å². The summed E-state index contributed by atoms with van der Waals surface area (Å²) in [5.74, 6) is 1.06. The van der Waals surface area contributed by atoms with Crippen LogP contribution in [0.5, 0.6) is 5.75 Å². The molecular weight excluding hydrogens is 486 g/mol. The highest BCUT2D eigenvalue weighted by Gasteiger charge is 2.41. The van der Waals surface area contributed by atoms with Gasteiger partial charge in [0.1, 0.15) is 11.8 Å². The van der Waals surface area contributed by atoms with Gasteiger partial charge in [0.25, 0.3) is 5.91 Å². The van der Waals surface area contributed by atoms with E-state index in [0.29, 0.717) is 16.6 Å². The molecule has 1 aliphatic heterocycles. The zero-order valence-corrected chi connectivity index (χ0v) is 20.2. The first-order valence-corrected chi connectivity index (χ1v) is 12.3. The number of aliphatic imine (C=N–C) groups is 1. The number of thioether (sulfide) groups is 1. The lowest BCUT2D eigenvalue weighted by Gasteiger charge is -2.35. The molecule has 2 aromatic rings. The summed E-state index contributed by atoms with van der Waals surface area (Å²) in [6, 6.07) is 17.5. The third-order valence-corrected chi connectivity index (χ3v) is 7.36. The van der Waals surface area contributed by atoms with Gasteiger partial charge in [-0.15, -0.1) is 0 Å². The lowest BCUT2D eigenvalue weighted by molar-refractivity contribution is -0.124. The van der Waals surface area contributed by atoms with Crippen LogP contribution in [0.3, 0.4) is 0 Å². The largest absolute Gasteiger partial charge is 0.478 e. The highest BCUT2D eigenvalue weighted by molar-refractivity contribution is 9.10. The van der Waals surface area contributed by atoms with Crippen LogP contribution in [0.15, 0.2) is 62.9 Å². The van der Waals surface area contributed by atoms with E-state index >= 15 is 0 Å². The summed E-state index contributed by atoms with van der Waals surface area (Å²) in [4.78, 5) is 21.0. The Morgan fingerprint density at radius 3 is 2.75 bits per heavy atom. The average molecular weight is 510 g/mol. The standard InChI is InChI=1S/C25H24BrN3O2S/c1-17-7-5-6-10-21(17)29-24(30)23(32-25(29)28-19-8-3-2-4-9-19)16-18-11-12-22(20(26)15-18)31-14-13-27/h2-4,8-9,11-12,15-17,21H,5-7,10,14H2,1H3/b23-16-,28-25?/t17-,21+/m0/s1. The number of nitriles is 1. The van der Waals surface area contributed by atoms with E-state index in [1.807, 2.05) is 59.5 Å². The van der Waals surface area contributed by atoms with Crippen LogP contribution in [0.2, 0.25) is 0 Å². The molecular formula is C25H24BrN3O2S. The molecule has 1 saturated heterocycles. The molecule has 0 N–H and O–H groups in total. The van der Waals surface area contributed by atoms with Crippen molar-refractivity contribution >= 4 is 50.5 Å². The summed E-state index contributed by atoms with van der Waals surface area (Å²) in [5.41, 5.74) is 1.73. The summed E-state index contributed by atoms with van der Waals surface area (Å²) in [5, 5.41) is 9.47. The predicted molar refractivity (Wildman–Crippen MR) is 133 cm³/mol. The van der Waals surface area contributed by atoms with E-state index < -0.39 is 0 Å². The molecule has 7 heteroatoms. The van der Waals surface area contributed by atoms with E-state index in [4.69, 9.17) is 15.0 Å². The molecule has 0 radical (unpaired) electrons. The van der Waals surface area contributed by atoms with Gasteiger partial charge in [-0.2, -0.15) is 5.26 Å². The summed E-state index contributed by atoms with van der Waals surface area (Å²) in [6.07, 6.45) is 6.39. The molecule has 5 nitrogen and oxygen atoms in total. The van der Waals surface area contributed by atoms with Crippen molar-refractivity contribution in [2.75, 3.05) is 6.61 Å². The molecule has 0 spiro atoms. The Balaban J connectivity index is 1.66. The smallest absolute Gasteiger partial charge is 0.267 e. The number of rotatable bonds is 5. The van der Waals surface area contributed by atoms with E-state index in [9.17, 15) is 4.79 Å². The van der Waals surface area contributed by atoms with Crippen LogP contribution in [0.1, 0.15) is 38.2 Å². The molecule has 0 unspecified atom stereocenters. The van der Waals surface area contributed by atoms with Crippen molar-refractivity contribution in [2.45, 2.75) is 38.6 Å². The molecule has 2 aromatic carbocycles. The molecule has 0 bridgehead atoms. The summed E-state index contributed by atoms with van der Waals surface area (Å²) >= 11 is 4.92. The first-order chi connectivity index (χ1) is 15.6. The van der Waals surface area contributed by atoms with Gasteiger partial charge in [0, 0.05) is 6.04 Å². The highest BCUT2D eigenvalue weighted by atomic mass is 79.9. The zero-order valence-electron chi connectivity index (χ0n) is 17.8. The Bertz CT molecular complexity index is 1090. The first-order valence-electron chi connectivity index (χ1n) is 10.7. The lowest BCUT2D eigenvalue weighted by atomic mass is 9.85. The van der Waals surface area contributed by atoms with Crippen molar-refractivity contribution in [3.63, 3.8) is 0 Å². The van der Waals surface area contributed by atoms with Gasteiger partial charge in [0.2, 0.25) is 0 Å². The quantitative estimate of drug-likeness (QED) is 0.429. The number of hydrogen-bond acceptors (Lipinski definition) is 5. The molecule has 4 rings (SSSR count). The van der Waals surface area contributed by atoms with Crippen LogP contribution < -0.4 is 4.74 Å². The van der Waals surface area contributed by atoms with E-state index in [0.717, 1.165) is 40.2 Å². The fraction of sp³-hybridized carbons (Fsp3) is 0.320. The minimum atomic E-state index is -0.0127. The predicted octanol–water partition coefficient (Wildman–Crippen LogP) is 6.53. The first kappa shape index (κ1) is 22.6. The molecule has 0 aromatic heterocycles. The van der Waals surface area contributed by atoms with Gasteiger partial charge in [-0.05, 0) is 82.4 Å². The maximum absolute atomic E-state index is 13.5. The number of carbonyl (C=O) groups excluding carboxylic acids is 1. The molecule has 164 valence electrons. The van der Waals surface area contributed by atoms with Gasteiger partial charge < -0.3 is 4.74 Å². The van der Waals surface area contributed by atoms with Crippen molar-refractivity contribution in [3.05, 3.63) is 63.5 Å². The molecule has 1 heterocycles. The number of ether oxygens (including phenoxy) is 1. The van der Waals surface area contributed by atoms with Crippen molar-refractivity contribution in [1.82, 2.24) is 4.90 Å². The van der Waals surface area contributed by atoms with E-state index in [2.05, 4.69) is 22.9 Å². The Morgan fingerprint density at radius 2 is 2.03 bits per heavy atom. The Hall–Kier alpha value is -2.56. The normalized spacial score (nSPS) is 23.5. The third kappa shape index (κ3) is 5.08. The molecule has 32 heavy (non-hydrogen) atoms. The Morgan fingerprint density at radius 1 is 1.25 bits per heavy atom. The SMILES string of the molecule is C[C@H]1CCCC[C@H]1N1C(=O)/C(=C/c2ccc(OCC#N)c(Br)c2)SC1=Nc1ccccc1. The van der Waals surface area contributed by atoms with Crippen molar-refractivity contribution in [1.29, 1.82) is 5.26 Å².